The molecule has 0 aliphatic carbocycles. The van der Waals surface area contributed by atoms with Crippen LogP contribution in [0, 0.1) is 0 Å². The molecule has 3 aromatic rings. The third-order valence-electron chi connectivity index (χ3n) is 4.77. The minimum Gasteiger partial charge on any atom is -0.497 e. The number of aromatic nitrogens is 3. The molecular formula is C20H23N7O. The van der Waals surface area contributed by atoms with E-state index in [1.54, 1.807) is 13.4 Å². The van der Waals surface area contributed by atoms with Gasteiger partial charge in [0.1, 0.15) is 23.6 Å². The van der Waals surface area contributed by atoms with Crippen LogP contribution in [0.4, 0.5) is 28.8 Å². The van der Waals surface area contributed by atoms with Crippen LogP contribution in [0.1, 0.15) is 0 Å². The predicted octanol–water partition coefficient (Wildman–Crippen LogP) is 2.53. The van der Waals surface area contributed by atoms with Gasteiger partial charge in [-0.2, -0.15) is 0 Å². The number of pyridine rings is 1. The van der Waals surface area contributed by atoms with Crippen LogP contribution in [0.15, 0.2) is 55.0 Å². The number of hydrogen-bond donors (Lipinski definition) is 2. The highest BCUT2D eigenvalue weighted by molar-refractivity contribution is 5.78. The first-order valence-electron chi connectivity index (χ1n) is 9.17. The monoisotopic (exact) mass is 377 g/mol. The second kappa shape index (κ2) is 7.99. The summed E-state index contributed by atoms with van der Waals surface area (Å²) in [7, 11) is 1.64. The fraction of sp³-hybridized carbons (Fsp3) is 0.250. The lowest BCUT2D eigenvalue weighted by Crippen LogP contribution is -2.47. The van der Waals surface area contributed by atoms with Crippen LogP contribution in [0.3, 0.4) is 0 Å². The summed E-state index contributed by atoms with van der Waals surface area (Å²) in [6.45, 7) is 3.36. The number of nitrogens with two attached hydrogens (primary N) is 1. The first-order valence-corrected chi connectivity index (χ1v) is 9.17. The highest BCUT2D eigenvalue weighted by Gasteiger charge is 2.22. The van der Waals surface area contributed by atoms with Gasteiger partial charge in [0.15, 0.2) is 11.6 Å². The molecule has 3 N–H and O–H groups in total. The van der Waals surface area contributed by atoms with E-state index in [0.717, 1.165) is 49.3 Å². The lowest BCUT2D eigenvalue weighted by atomic mass is 10.2. The molecule has 0 bridgehead atoms. The zero-order chi connectivity index (χ0) is 19.3. The third kappa shape index (κ3) is 3.75. The molecule has 8 heteroatoms. The Morgan fingerprint density at radius 1 is 0.929 bits per heavy atom. The van der Waals surface area contributed by atoms with Gasteiger partial charge in [-0.3, -0.25) is 0 Å². The van der Waals surface area contributed by atoms with Gasteiger partial charge in [-0.25, -0.2) is 15.0 Å². The molecule has 1 fully saturated rings. The van der Waals surface area contributed by atoms with Crippen molar-refractivity contribution >= 4 is 28.8 Å². The van der Waals surface area contributed by atoms with Crippen molar-refractivity contribution in [2.75, 3.05) is 54.1 Å². The number of nitrogens with zero attached hydrogens (tertiary/aromatic N) is 5. The number of anilines is 5. The summed E-state index contributed by atoms with van der Waals surface area (Å²) >= 11 is 0. The number of nitrogen functional groups attached to an aromatic ring is 1. The summed E-state index contributed by atoms with van der Waals surface area (Å²) in [5.74, 6) is 3.15. The number of nitrogens with one attached hydrogen (secondary N) is 1. The maximum atomic E-state index is 6.38. The Balaban J connectivity index is 1.46. The molecule has 1 saturated heterocycles. The largest absolute Gasteiger partial charge is 0.497 e. The minimum absolute atomic E-state index is 0.546. The van der Waals surface area contributed by atoms with Crippen molar-refractivity contribution < 1.29 is 4.74 Å². The minimum atomic E-state index is 0.546. The van der Waals surface area contributed by atoms with Crippen LogP contribution in [0.25, 0.3) is 0 Å². The van der Waals surface area contributed by atoms with Gasteiger partial charge in [0.05, 0.1) is 7.11 Å². The zero-order valence-electron chi connectivity index (χ0n) is 15.7. The summed E-state index contributed by atoms with van der Waals surface area (Å²) < 4.78 is 5.19. The Morgan fingerprint density at radius 3 is 2.36 bits per heavy atom. The first kappa shape index (κ1) is 17.8. The van der Waals surface area contributed by atoms with Crippen molar-refractivity contribution in [3.63, 3.8) is 0 Å². The average molecular weight is 377 g/mol. The molecule has 8 nitrogen and oxygen atoms in total. The molecule has 0 amide bonds. The Morgan fingerprint density at radius 2 is 1.68 bits per heavy atom. The molecule has 0 spiro atoms. The van der Waals surface area contributed by atoms with E-state index in [2.05, 4.69) is 30.1 Å². The fourth-order valence-corrected chi connectivity index (χ4v) is 3.24. The molecule has 1 aliphatic heterocycles. The standard InChI is InChI=1S/C20H23N7O/c1-28-16-7-5-15(6-8-16)25-19-18(21)20(24-14-23-19)27-12-10-26(11-13-27)17-4-2-3-9-22-17/h2-9,14H,10-13,21H2,1H3,(H,23,24,25). The van der Waals surface area contributed by atoms with E-state index in [4.69, 9.17) is 10.5 Å². The van der Waals surface area contributed by atoms with Crippen LogP contribution in [0.5, 0.6) is 5.75 Å². The number of piperazine rings is 1. The number of benzene rings is 1. The molecular weight excluding hydrogens is 354 g/mol. The van der Waals surface area contributed by atoms with Crippen LogP contribution in [0.2, 0.25) is 0 Å². The normalized spacial score (nSPS) is 14.0. The predicted molar refractivity (Wildman–Crippen MR) is 111 cm³/mol. The van der Waals surface area contributed by atoms with Crippen molar-refractivity contribution in [2.45, 2.75) is 0 Å². The molecule has 0 atom stereocenters. The SMILES string of the molecule is COc1ccc(Nc2ncnc(N3CCN(c4ccccn4)CC3)c2N)cc1. The maximum absolute atomic E-state index is 6.38. The van der Waals surface area contributed by atoms with Crippen molar-refractivity contribution in [2.24, 2.45) is 0 Å². The van der Waals surface area contributed by atoms with E-state index >= 15 is 0 Å². The van der Waals surface area contributed by atoms with Gasteiger partial charge in [-0.05, 0) is 36.4 Å². The summed E-state index contributed by atoms with van der Waals surface area (Å²) in [6, 6.07) is 13.6. The highest BCUT2D eigenvalue weighted by atomic mass is 16.5. The second-order valence-electron chi connectivity index (χ2n) is 6.48. The Labute approximate surface area is 164 Å². The van der Waals surface area contributed by atoms with E-state index in [9.17, 15) is 0 Å². The quantitative estimate of drug-likeness (QED) is 0.701. The number of methoxy groups -OCH3 is 1. The number of hydrogen-bond acceptors (Lipinski definition) is 8. The van der Waals surface area contributed by atoms with Gasteiger partial charge < -0.3 is 25.6 Å². The van der Waals surface area contributed by atoms with E-state index in [1.165, 1.54) is 0 Å². The topological polar surface area (TPSA) is 92.4 Å². The summed E-state index contributed by atoms with van der Waals surface area (Å²) in [5.41, 5.74) is 7.82. The molecule has 28 heavy (non-hydrogen) atoms. The molecule has 0 saturated carbocycles. The van der Waals surface area contributed by atoms with Crippen LogP contribution >= 0.6 is 0 Å². The lowest BCUT2D eigenvalue weighted by molar-refractivity contribution is 0.415. The Hall–Kier alpha value is -3.55. The molecule has 0 radical (unpaired) electrons. The van der Waals surface area contributed by atoms with Gasteiger partial charge in [0.25, 0.3) is 0 Å². The fourth-order valence-electron chi connectivity index (χ4n) is 3.24. The van der Waals surface area contributed by atoms with Gasteiger partial charge in [-0.15, -0.1) is 0 Å². The molecule has 2 aromatic heterocycles. The summed E-state index contributed by atoms with van der Waals surface area (Å²) in [4.78, 5) is 17.6. The smallest absolute Gasteiger partial charge is 0.159 e. The van der Waals surface area contributed by atoms with Crippen LogP contribution < -0.4 is 25.6 Å². The molecule has 1 aliphatic rings. The van der Waals surface area contributed by atoms with Crippen molar-refractivity contribution in [3.8, 4) is 5.75 Å². The van der Waals surface area contributed by atoms with Gasteiger partial charge in [-0.1, -0.05) is 6.07 Å². The van der Waals surface area contributed by atoms with E-state index < -0.39 is 0 Å². The Bertz CT molecular complexity index is 910. The average Bonchev–Trinajstić information content (AvgIpc) is 2.76. The zero-order valence-corrected chi connectivity index (χ0v) is 15.7. The van der Waals surface area contributed by atoms with Gasteiger partial charge >= 0.3 is 0 Å². The van der Waals surface area contributed by atoms with Crippen molar-refractivity contribution in [3.05, 3.63) is 55.0 Å². The molecule has 3 heterocycles. The molecule has 1 aromatic carbocycles. The number of ether oxygens (including phenoxy) is 1. The highest BCUT2D eigenvalue weighted by Crippen LogP contribution is 2.30. The van der Waals surface area contributed by atoms with Gasteiger partial charge in [0.2, 0.25) is 0 Å². The molecule has 0 unspecified atom stereocenters. The molecule has 4 rings (SSSR count). The Kier molecular flexibility index (Phi) is 5.09. The van der Waals surface area contributed by atoms with E-state index in [1.807, 2.05) is 48.7 Å². The maximum Gasteiger partial charge on any atom is 0.159 e. The van der Waals surface area contributed by atoms with Gasteiger partial charge in [0, 0.05) is 38.1 Å². The summed E-state index contributed by atoms with van der Waals surface area (Å²) in [5, 5.41) is 3.26. The van der Waals surface area contributed by atoms with E-state index in [-0.39, 0.29) is 0 Å². The summed E-state index contributed by atoms with van der Waals surface area (Å²) in [6.07, 6.45) is 3.36. The lowest BCUT2D eigenvalue weighted by Gasteiger charge is -2.36. The molecule has 144 valence electrons. The third-order valence-corrected chi connectivity index (χ3v) is 4.77. The first-order chi connectivity index (χ1) is 13.7. The number of rotatable bonds is 5. The van der Waals surface area contributed by atoms with E-state index in [0.29, 0.717) is 11.5 Å². The van der Waals surface area contributed by atoms with Crippen molar-refractivity contribution in [1.29, 1.82) is 0 Å². The van der Waals surface area contributed by atoms with Crippen LogP contribution in [-0.2, 0) is 0 Å². The second-order valence-corrected chi connectivity index (χ2v) is 6.48. The van der Waals surface area contributed by atoms with Crippen LogP contribution in [-0.4, -0.2) is 48.2 Å². The van der Waals surface area contributed by atoms with Crippen molar-refractivity contribution in [1.82, 2.24) is 15.0 Å².